The Morgan fingerprint density at radius 2 is 1.07 bits per heavy atom. The zero-order valence-electron chi connectivity index (χ0n) is 30.5. The average Bonchev–Trinajstić information content (AvgIpc) is 3.85. The molecule has 11 aromatic rings. The van der Waals surface area contributed by atoms with Gasteiger partial charge in [-0.25, -0.2) is 9.37 Å². The van der Waals surface area contributed by atoms with Crippen LogP contribution >= 0.6 is 11.3 Å². The predicted octanol–water partition coefficient (Wildman–Crippen LogP) is 14.8. The molecular weight excluding hydrogens is 704 g/mol. The minimum absolute atomic E-state index is 0.267. The fraction of sp³-hybridized carbons (Fsp3) is 0.0192. The molecule has 0 amide bonds. The zero-order chi connectivity index (χ0) is 37.3. The van der Waals surface area contributed by atoms with Crippen LogP contribution in [0.25, 0.3) is 103 Å². The van der Waals surface area contributed by atoms with E-state index in [2.05, 4.69) is 133 Å². The summed E-state index contributed by atoms with van der Waals surface area (Å²) in [6.45, 7) is 2.20. The standard InChI is InChI=1S/C52H33FN2S/c1-32-25-27-42(51-48(32)41-28-26-36(29-47(41)56-51)33-15-5-2-6-16-33)52-54-49-39-23-13-11-21-37(39)38-22-12-14-24-40(38)50(49)55(52)46-31-43(34-17-7-3-8-18-34)45(53)30-44(46)35-19-9-4-10-20-35/h2-31H,1H3. The zero-order valence-corrected chi connectivity index (χ0v) is 31.3. The molecule has 0 spiro atoms. The molecular formula is C52H33FN2S. The summed E-state index contributed by atoms with van der Waals surface area (Å²) in [5.41, 5.74) is 10.5. The van der Waals surface area contributed by atoms with Gasteiger partial charge in [0.15, 0.2) is 0 Å². The lowest BCUT2D eigenvalue weighted by Gasteiger charge is -2.19. The Morgan fingerprint density at radius 1 is 0.482 bits per heavy atom. The number of hydrogen-bond donors (Lipinski definition) is 0. The van der Waals surface area contributed by atoms with Crippen molar-refractivity contribution in [1.29, 1.82) is 0 Å². The summed E-state index contributed by atoms with van der Waals surface area (Å²) in [5.74, 6) is 0.556. The summed E-state index contributed by atoms with van der Waals surface area (Å²) < 4.78 is 21.3. The van der Waals surface area contributed by atoms with E-state index in [0.29, 0.717) is 5.56 Å². The lowest BCUT2D eigenvalue weighted by atomic mass is 9.96. The van der Waals surface area contributed by atoms with Gasteiger partial charge >= 0.3 is 0 Å². The number of nitrogens with zero attached hydrogens (tertiary/aromatic N) is 2. The highest BCUT2D eigenvalue weighted by molar-refractivity contribution is 7.26. The SMILES string of the molecule is Cc1ccc(-c2nc3c4ccccc4c4ccccc4c3n2-c2cc(-c3ccccc3)c(F)cc2-c2ccccc2)c2sc3cc(-c4ccccc4)ccc3c12. The number of hydrogen-bond acceptors (Lipinski definition) is 2. The molecule has 2 nitrogen and oxygen atoms in total. The van der Waals surface area contributed by atoms with Crippen LogP contribution in [0.4, 0.5) is 4.39 Å². The molecule has 4 heteroatoms. The highest BCUT2D eigenvalue weighted by Crippen LogP contribution is 2.47. The van der Waals surface area contributed by atoms with Crippen LogP contribution < -0.4 is 0 Å². The number of aromatic nitrogens is 2. The van der Waals surface area contributed by atoms with Gasteiger partial charge in [-0.2, -0.15) is 0 Å². The number of benzene rings is 9. The molecule has 0 aliphatic carbocycles. The van der Waals surface area contributed by atoms with Gasteiger partial charge in [0, 0.05) is 47.6 Å². The molecule has 0 saturated heterocycles. The van der Waals surface area contributed by atoms with Gasteiger partial charge in [-0.15, -0.1) is 11.3 Å². The maximum atomic E-state index is 16.5. The highest BCUT2D eigenvalue weighted by Gasteiger charge is 2.26. The fourth-order valence-corrected chi connectivity index (χ4v) is 9.91. The van der Waals surface area contributed by atoms with Crippen LogP contribution in [0.1, 0.15) is 5.56 Å². The van der Waals surface area contributed by atoms with Gasteiger partial charge in [-0.3, -0.25) is 4.57 Å². The van der Waals surface area contributed by atoms with Crippen LogP contribution in [0.5, 0.6) is 0 Å². The van der Waals surface area contributed by atoms with Crippen molar-refractivity contribution in [2.75, 3.05) is 0 Å². The van der Waals surface area contributed by atoms with E-state index in [0.717, 1.165) is 66.3 Å². The molecule has 2 aromatic heterocycles. The number of rotatable bonds is 5. The minimum atomic E-state index is -0.267. The maximum absolute atomic E-state index is 16.5. The Bertz CT molecular complexity index is 3310. The van der Waals surface area contributed by atoms with Crippen molar-refractivity contribution in [2.45, 2.75) is 6.92 Å². The lowest BCUT2D eigenvalue weighted by Crippen LogP contribution is -2.03. The molecule has 264 valence electrons. The van der Waals surface area contributed by atoms with Crippen molar-refractivity contribution in [3.05, 3.63) is 193 Å². The number of aryl methyl sites for hydroxylation is 1. The van der Waals surface area contributed by atoms with Crippen LogP contribution in [0.3, 0.4) is 0 Å². The van der Waals surface area contributed by atoms with E-state index in [1.165, 1.54) is 36.9 Å². The molecule has 0 atom stereocenters. The molecule has 0 aliphatic heterocycles. The Balaban J connectivity index is 1.31. The van der Waals surface area contributed by atoms with E-state index >= 15 is 4.39 Å². The third-order valence-electron chi connectivity index (χ3n) is 11.2. The summed E-state index contributed by atoms with van der Waals surface area (Å²) in [4.78, 5) is 5.69. The Labute approximate surface area is 327 Å². The Morgan fingerprint density at radius 3 is 1.77 bits per heavy atom. The highest BCUT2D eigenvalue weighted by atomic mass is 32.1. The second-order valence-electron chi connectivity index (χ2n) is 14.5. The third kappa shape index (κ3) is 5.03. The smallest absolute Gasteiger partial charge is 0.147 e. The fourth-order valence-electron chi connectivity index (χ4n) is 8.59. The van der Waals surface area contributed by atoms with Gasteiger partial charge in [0.25, 0.3) is 0 Å². The van der Waals surface area contributed by atoms with Gasteiger partial charge in [0.05, 0.1) is 16.7 Å². The Hall–Kier alpha value is -6.88. The molecule has 0 N–H and O–H groups in total. The first-order valence-electron chi connectivity index (χ1n) is 18.9. The van der Waals surface area contributed by atoms with Gasteiger partial charge < -0.3 is 0 Å². The van der Waals surface area contributed by atoms with Crippen molar-refractivity contribution in [3.63, 3.8) is 0 Å². The molecule has 56 heavy (non-hydrogen) atoms. The van der Waals surface area contributed by atoms with Gasteiger partial charge in [0.1, 0.15) is 11.6 Å². The normalized spacial score (nSPS) is 11.8. The lowest BCUT2D eigenvalue weighted by molar-refractivity contribution is 0.631. The van der Waals surface area contributed by atoms with Crippen LogP contribution in [-0.2, 0) is 0 Å². The number of thiophene rings is 1. The summed E-state index contributed by atoms with van der Waals surface area (Å²) in [7, 11) is 0. The molecule has 9 aromatic carbocycles. The average molecular weight is 737 g/mol. The third-order valence-corrected chi connectivity index (χ3v) is 12.4. The maximum Gasteiger partial charge on any atom is 0.147 e. The molecule has 11 rings (SSSR count). The van der Waals surface area contributed by atoms with Gasteiger partial charge in [-0.05, 0) is 69.8 Å². The van der Waals surface area contributed by atoms with Gasteiger partial charge in [0.2, 0.25) is 0 Å². The number of halogens is 1. The van der Waals surface area contributed by atoms with E-state index in [-0.39, 0.29) is 5.82 Å². The molecule has 2 heterocycles. The minimum Gasteiger partial charge on any atom is -0.291 e. The first-order valence-corrected chi connectivity index (χ1v) is 19.7. The summed E-state index contributed by atoms with van der Waals surface area (Å²) in [6.07, 6.45) is 0. The largest absolute Gasteiger partial charge is 0.291 e. The molecule has 0 radical (unpaired) electrons. The molecule has 0 unspecified atom stereocenters. The first kappa shape index (κ1) is 32.5. The molecule has 0 saturated carbocycles. The summed E-state index contributed by atoms with van der Waals surface area (Å²) >= 11 is 1.82. The van der Waals surface area contributed by atoms with E-state index in [9.17, 15) is 0 Å². The summed E-state index contributed by atoms with van der Waals surface area (Å²) in [6, 6.07) is 62.8. The van der Waals surface area contributed by atoms with Crippen molar-refractivity contribution in [1.82, 2.24) is 9.55 Å². The molecule has 0 aliphatic rings. The number of fused-ring (bicyclic) bond motifs is 9. The molecule has 0 bridgehead atoms. The van der Waals surface area contributed by atoms with Crippen molar-refractivity contribution in [3.8, 4) is 50.5 Å². The number of imidazole rings is 1. The predicted molar refractivity (Wildman–Crippen MR) is 235 cm³/mol. The van der Waals surface area contributed by atoms with E-state index in [1.54, 1.807) is 6.07 Å². The van der Waals surface area contributed by atoms with E-state index in [4.69, 9.17) is 4.98 Å². The Kier molecular flexibility index (Phi) is 7.48. The van der Waals surface area contributed by atoms with Crippen LogP contribution in [0.2, 0.25) is 0 Å². The van der Waals surface area contributed by atoms with Crippen molar-refractivity contribution >= 4 is 64.1 Å². The molecule has 0 fully saturated rings. The quantitative estimate of drug-likeness (QED) is 0.161. The topological polar surface area (TPSA) is 17.8 Å². The van der Waals surface area contributed by atoms with E-state index < -0.39 is 0 Å². The van der Waals surface area contributed by atoms with Gasteiger partial charge in [-0.1, -0.05) is 158 Å². The van der Waals surface area contributed by atoms with Crippen LogP contribution in [0.15, 0.2) is 182 Å². The first-order chi connectivity index (χ1) is 27.6. The summed E-state index contributed by atoms with van der Waals surface area (Å²) in [5, 5.41) is 6.96. The van der Waals surface area contributed by atoms with Crippen molar-refractivity contribution in [2.24, 2.45) is 0 Å². The second-order valence-corrected chi connectivity index (χ2v) is 15.5. The van der Waals surface area contributed by atoms with Crippen LogP contribution in [0, 0.1) is 12.7 Å². The van der Waals surface area contributed by atoms with E-state index in [1.807, 2.05) is 65.9 Å². The monoisotopic (exact) mass is 736 g/mol. The van der Waals surface area contributed by atoms with Crippen LogP contribution in [-0.4, -0.2) is 9.55 Å². The second kappa shape index (κ2) is 12.9. The van der Waals surface area contributed by atoms with Crippen molar-refractivity contribution < 1.29 is 4.39 Å².